The number of hydrogen-bond acceptors (Lipinski definition) is 0. The van der Waals surface area contributed by atoms with Gasteiger partial charge in [0.15, 0.2) is 0 Å². The molecule has 0 aromatic heterocycles. The first kappa shape index (κ1) is 11.2. The SMILES string of the molecule is CCC(C)C(F)C(Cl)C(C)C. The van der Waals surface area contributed by atoms with Crippen LogP contribution in [0.2, 0.25) is 0 Å². The highest BCUT2D eigenvalue weighted by atomic mass is 35.5. The molecule has 0 aliphatic heterocycles. The van der Waals surface area contributed by atoms with Gasteiger partial charge in [-0.25, -0.2) is 4.39 Å². The molecule has 0 heterocycles. The minimum Gasteiger partial charge on any atom is -0.246 e. The van der Waals surface area contributed by atoms with Crippen LogP contribution in [0.3, 0.4) is 0 Å². The van der Waals surface area contributed by atoms with Gasteiger partial charge in [0, 0.05) is 0 Å². The predicted octanol–water partition coefficient (Wildman–Crippen LogP) is 3.63. The maximum atomic E-state index is 13.3. The Bertz CT molecular complexity index is 104. The molecule has 0 rings (SSSR count). The first-order valence-corrected chi connectivity index (χ1v) is 4.72. The fourth-order valence-corrected chi connectivity index (χ4v) is 1.16. The summed E-state index contributed by atoms with van der Waals surface area (Å²) in [5.41, 5.74) is 0. The summed E-state index contributed by atoms with van der Waals surface area (Å²) in [6.07, 6.45) is -0.00133. The highest BCUT2D eigenvalue weighted by molar-refractivity contribution is 6.21. The molecule has 0 saturated carbocycles. The van der Waals surface area contributed by atoms with E-state index >= 15 is 0 Å². The highest BCUT2D eigenvalue weighted by Crippen LogP contribution is 2.24. The number of alkyl halides is 2. The molecule has 0 aliphatic carbocycles. The van der Waals surface area contributed by atoms with Crippen LogP contribution in [0.4, 0.5) is 4.39 Å². The van der Waals surface area contributed by atoms with Crippen molar-refractivity contribution in [2.24, 2.45) is 11.8 Å². The topological polar surface area (TPSA) is 0 Å². The standard InChI is InChI=1S/C9H18ClF/c1-5-7(4)9(11)8(10)6(2)3/h6-9H,5H2,1-4H3. The van der Waals surface area contributed by atoms with Crippen LogP contribution in [0.1, 0.15) is 34.1 Å². The highest BCUT2D eigenvalue weighted by Gasteiger charge is 2.25. The lowest BCUT2D eigenvalue weighted by Crippen LogP contribution is -2.27. The van der Waals surface area contributed by atoms with Crippen LogP contribution in [0.25, 0.3) is 0 Å². The lowest BCUT2D eigenvalue weighted by molar-refractivity contribution is 0.207. The van der Waals surface area contributed by atoms with E-state index in [9.17, 15) is 4.39 Å². The maximum absolute atomic E-state index is 13.3. The normalized spacial score (nSPS) is 19.9. The molecule has 0 fully saturated rings. The van der Waals surface area contributed by atoms with Crippen LogP contribution in [-0.4, -0.2) is 11.5 Å². The van der Waals surface area contributed by atoms with E-state index in [4.69, 9.17) is 11.6 Å². The Morgan fingerprint density at radius 1 is 1.27 bits per heavy atom. The maximum Gasteiger partial charge on any atom is 0.119 e. The Kier molecular flexibility index (Phi) is 5.07. The summed E-state index contributed by atoms with van der Waals surface area (Å²) in [6, 6.07) is 0. The summed E-state index contributed by atoms with van der Waals surface area (Å²) in [5, 5.41) is -0.329. The molecule has 0 aromatic carbocycles. The van der Waals surface area contributed by atoms with Gasteiger partial charge >= 0.3 is 0 Å². The molecule has 0 amide bonds. The predicted molar refractivity (Wildman–Crippen MR) is 48.8 cm³/mol. The van der Waals surface area contributed by atoms with E-state index in [0.717, 1.165) is 6.42 Å². The van der Waals surface area contributed by atoms with Gasteiger partial charge in [0.2, 0.25) is 0 Å². The molecule has 0 radical (unpaired) electrons. The van der Waals surface area contributed by atoms with Crippen molar-refractivity contribution in [3.63, 3.8) is 0 Å². The van der Waals surface area contributed by atoms with Gasteiger partial charge in [-0.3, -0.25) is 0 Å². The van der Waals surface area contributed by atoms with E-state index in [-0.39, 0.29) is 17.2 Å². The quantitative estimate of drug-likeness (QED) is 0.580. The zero-order valence-corrected chi connectivity index (χ0v) is 8.53. The third kappa shape index (κ3) is 3.42. The van der Waals surface area contributed by atoms with Crippen molar-refractivity contribution in [3.8, 4) is 0 Å². The minimum absolute atomic E-state index is 0.0832. The molecule has 2 heteroatoms. The molecule has 0 saturated heterocycles. The van der Waals surface area contributed by atoms with Gasteiger partial charge in [-0.15, -0.1) is 11.6 Å². The molecule has 0 bridgehead atoms. The van der Waals surface area contributed by atoms with Crippen molar-refractivity contribution in [3.05, 3.63) is 0 Å². The largest absolute Gasteiger partial charge is 0.246 e. The van der Waals surface area contributed by atoms with E-state index in [2.05, 4.69) is 0 Å². The van der Waals surface area contributed by atoms with Crippen molar-refractivity contribution in [2.45, 2.75) is 45.7 Å². The summed E-state index contributed by atoms with van der Waals surface area (Å²) in [6.45, 7) is 7.79. The molecular formula is C9H18ClF. The molecule has 11 heavy (non-hydrogen) atoms. The second kappa shape index (κ2) is 4.97. The molecule has 0 nitrogen and oxygen atoms in total. The minimum atomic E-state index is -0.860. The Hall–Kier alpha value is 0.220. The van der Waals surface area contributed by atoms with E-state index < -0.39 is 6.17 Å². The van der Waals surface area contributed by atoms with Crippen LogP contribution in [-0.2, 0) is 0 Å². The average Bonchev–Trinajstić information content (AvgIpc) is 2.00. The molecule has 0 aromatic rings. The third-order valence-corrected chi connectivity index (χ3v) is 2.87. The van der Waals surface area contributed by atoms with Gasteiger partial charge < -0.3 is 0 Å². The van der Waals surface area contributed by atoms with Crippen LogP contribution in [0.15, 0.2) is 0 Å². The van der Waals surface area contributed by atoms with Gasteiger partial charge in [0.1, 0.15) is 6.17 Å². The van der Waals surface area contributed by atoms with Gasteiger partial charge in [-0.05, 0) is 11.8 Å². The number of halogens is 2. The molecular weight excluding hydrogens is 163 g/mol. The molecule has 68 valence electrons. The van der Waals surface area contributed by atoms with E-state index in [0.29, 0.717) is 0 Å². The smallest absolute Gasteiger partial charge is 0.119 e. The first-order chi connectivity index (χ1) is 5.00. The van der Waals surface area contributed by atoms with Gasteiger partial charge in [-0.1, -0.05) is 34.1 Å². The summed E-state index contributed by atoms with van der Waals surface area (Å²) >= 11 is 5.86. The van der Waals surface area contributed by atoms with Gasteiger partial charge in [0.05, 0.1) is 5.38 Å². The monoisotopic (exact) mass is 180 g/mol. The average molecular weight is 181 g/mol. The van der Waals surface area contributed by atoms with Gasteiger partial charge in [-0.2, -0.15) is 0 Å². The summed E-state index contributed by atoms with van der Waals surface area (Å²) in [5.74, 6) is 0.306. The Morgan fingerprint density at radius 3 is 2.00 bits per heavy atom. The molecule has 0 spiro atoms. The van der Waals surface area contributed by atoms with Crippen LogP contribution in [0, 0.1) is 11.8 Å². The summed E-state index contributed by atoms with van der Waals surface area (Å²) in [4.78, 5) is 0. The molecule has 3 atom stereocenters. The Labute approximate surface area is 74.1 Å². The van der Waals surface area contributed by atoms with E-state index in [1.165, 1.54) is 0 Å². The molecule has 3 unspecified atom stereocenters. The zero-order chi connectivity index (χ0) is 9.02. The second-order valence-corrected chi connectivity index (χ2v) is 4.02. The van der Waals surface area contributed by atoms with Crippen molar-refractivity contribution in [1.29, 1.82) is 0 Å². The first-order valence-electron chi connectivity index (χ1n) is 4.28. The third-order valence-electron chi connectivity index (χ3n) is 2.13. The van der Waals surface area contributed by atoms with Gasteiger partial charge in [0.25, 0.3) is 0 Å². The van der Waals surface area contributed by atoms with Crippen LogP contribution >= 0.6 is 11.6 Å². The van der Waals surface area contributed by atoms with Crippen LogP contribution in [0.5, 0.6) is 0 Å². The summed E-state index contributed by atoms with van der Waals surface area (Å²) < 4.78 is 13.3. The second-order valence-electron chi connectivity index (χ2n) is 3.52. The van der Waals surface area contributed by atoms with E-state index in [1.54, 1.807) is 0 Å². The fourth-order valence-electron chi connectivity index (χ4n) is 0.907. The van der Waals surface area contributed by atoms with Crippen molar-refractivity contribution in [1.82, 2.24) is 0 Å². The molecule has 0 aliphatic rings. The summed E-state index contributed by atoms with van der Waals surface area (Å²) in [7, 11) is 0. The fraction of sp³-hybridized carbons (Fsp3) is 1.00. The van der Waals surface area contributed by atoms with Crippen LogP contribution < -0.4 is 0 Å². The van der Waals surface area contributed by atoms with Crippen molar-refractivity contribution in [2.75, 3.05) is 0 Å². The number of hydrogen-bond donors (Lipinski definition) is 0. The van der Waals surface area contributed by atoms with Crippen molar-refractivity contribution >= 4 is 11.6 Å². The molecule has 0 N–H and O–H groups in total. The lowest BCUT2D eigenvalue weighted by Gasteiger charge is -2.22. The van der Waals surface area contributed by atoms with E-state index in [1.807, 2.05) is 27.7 Å². The zero-order valence-electron chi connectivity index (χ0n) is 7.77. The Balaban J connectivity index is 3.90. The number of rotatable bonds is 4. The Morgan fingerprint density at radius 2 is 1.73 bits per heavy atom. The lowest BCUT2D eigenvalue weighted by atomic mass is 9.95. The van der Waals surface area contributed by atoms with Crippen molar-refractivity contribution < 1.29 is 4.39 Å².